The fourth-order valence-electron chi connectivity index (χ4n) is 1.21. The molecule has 0 fully saturated rings. The molecule has 0 heterocycles. The molecule has 2 N–H and O–H groups in total. The van der Waals surface area contributed by atoms with Gasteiger partial charge in [0.05, 0.1) is 6.42 Å². The molecular formula is C11H21NO3. The Morgan fingerprint density at radius 1 is 1.20 bits per heavy atom. The van der Waals surface area contributed by atoms with E-state index in [0.717, 1.165) is 12.8 Å². The molecule has 0 rings (SSSR count). The molecular weight excluding hydrogens is 194 g/mol. The van der Waals surface area contributed by atoms with E-state index in [9.17, 15) is 9.59 Å². The van der Waals surface area contributed by atoms with Crippen molar-refractivity contribution in [3.63, 3.8) is 0 Å². The molecule has 1 amide bonds. The van der Waals surface area contributed by atoms with Crippen molar-refractivity contribution < 1.29 is 14.7 Å². The molecule has 0 aromatic carbocycles. The van der Waals surface area contributed by atoms with Gasteiger partial charge in [0.15, 0.2) is 0 Å². The van der Waals surface area contributed by atoms with E-state index in [-0.39, 0.29) is 18.7 Å². The van der Waals surface area contributed by atoms with Crippen LogP contribution in [-0.2, 0) is 9.59 Å². The topological polar surface area (TPSA) is 66.4 Å². The van der Waals surface area contributed by atoms with Gasteiger partial charge >= 0.3 is 5.97 Å². The number of carboxylic acids is 1. The first-order chi connectivity index (χ1) is 7.02. The van der Waals surface area contributed by atoms with Crippen molar-refractivity contribution in [2.24, 2.45) is 5.92 Å². The average Bonchev–Trinajstić information content (AvgIpc) is 2.13. The zero-order chi connectivity index (χ0) is 11.7. The highest BCUT2D eigenvalue weighted by atomic mass is 16.4. The van der Waals surface area contributed by atoms with E-state index in [1.54, 1.807) is 0 Å². The summed E-state index contributed by atoms with van der Waals surface area (Å²) in [6.45, 7) is 5.00. The van der Waals surface area contributed by atoms with Crippen LogP contribution in [0.5, 0.6) is 0 Å². The third-order valence-electron chi connectivity index (χ3n) is 2.10. The van der Waals surface area contributed by atoms with Crippen LogP contribution in [0, 0.1) is 5.92 Å². The van der Waals surface area contributed by atoms with Gasteiger partial charge in [0.1, 0.15) is 0 Å². The minimum absolute atomic E-state index is 0.0829. The van der Waals surface area contributed by atoms with Crippen LogP contribution < -0.4 is 5.32 Å². The highest BCUT2D eigenvalue weighted by Crippen LogP contribution is 2.05. The Balaban J connectivity index is 3.28. The maximum atomic E-state index is 11.1. The molecule has 0 aromatic rings. The fourth-order valence-corrected chi connectivity index (χ4v) is 1.21. The molecule has 4 nitrogen and oxygen atoms in total. The van der Waals surface area contributed by atoms with Crippen molar-refractivity contribution in [1.29, 1.82) is 0 Å². The maximum Gasteiger partial charge on any atom is 0.303 e. The normalized spacial score (nSPS) is 10.3. The van der Waals surface area contributed by atoms with Gasteiger partial charge in [0.2, 0.25) is 5.91 Å². The van der Waals surface area contributed by atoms with Gasteiger partial charge in [0, 0.05) is 13.0 Å². The van der Waals surface area contributed by atoms with Crippen molar-refractivity contribution in [3.05, 3.63) is 0 Å². The first kappa shape index (κ1) is 13.9. The van der Waals surface area contributed by atoms with Crippen molar-refractivity contribution in [1.82, 2.24) is 5.32 Å². The zero-order valence-electron chi connectivity index (χ0n) is 9.58. The summed E-state index contributed by atoms with van der Waals surface area (Å²) < 4.78 is 0. The molecule has 0 aliphatic carbocycles. The molecule has 0 saturated heterocycles. The summed E-state index contributed by atoms with van der Waals surface area (Å²) >= 11 is 0. The van der Waals surface area contributed by atoms with Crippen LogP contribution >= 0.6 is 0 Å². The quantitative estimate of drug-likeness (QED) is 0.607. The summed E-state index contributed by atoms with van der Waals surface area (Å²) in [5.41, 5.74) is 0. The number of rotatable bonds is 8. The van der Waals surface area contributed by atoms with Crippen LogP contribution in [0.3, 0.4) is 0 Å². The Kier molecular flexibility index (Phi) is 7.68. The lowest BCUT2D eigenvalue weighted by atomic mass is 10.1. The summed E-state index contributed by atoms with van der Waals surface area (Å²) in [6, 6.07) is 0. The number of unbranched alkanes of at least 4 members (excludes halogenated alkanes) is 1. The second-order valence-electron chi connectivity index (χ2n) is 4.13. The van der Waals surface area contributed by atoms with Crippen molar-refractivity contribution in [3.8, 4) is 0 Å². The highest BCUT2D eigenvalue weighted by Gasteiger charge is 2.04. The Bertz CT molecular complexity index is 202. The van der Waals surface area contributed by atoms with Crippen molar-refractivity contribution >= 4 is 11.9 Å². The number of aliphatic carboxylic acids is 1. The third kappa shape index (κ3) is 10.9. The van der Waals surface area contributed by atoms with E-state index in [2.05, 4.69) is 19.2 Å². The van der Waals surface area contributed by atoms with Gasteiger partial charge in [-0.25, -0.2) is 0 Å². The summed E-state index contributed by atoms with van der Waals surface area (Å²) in [4.78, 5) is 21.2. The molecule has 88 valence electrons. The molecule has 4 heteroatoms. The molecule has 15 heavy (non-hydrogen) atoms. The SMILES string of the molecule is CC(C)CCCCNC(=O)CCC(=O)O. The Hall–Kier alpha value is -1.06. The molecule has 0 radical (unpaired) electrons. The van der Waals surface area contributed by atoms with E-state index in [1.165, 1.54) is 6.42 Å². The van der Waals surface area contributed by atoms with Gasteiger partial charge in [-0.05, 0) is 12.3 Å². The number of carbonyl (C=O) groups excluding carboxylic acids is 1. The van der Waals surface area contributed by atoms with Crippen LogP contribution in [-0.4, -0.2) is 23.5 Å². The monoisotopic (exact) mass is 215 g/mol. The molecule has 0 aromatic heterocycles. The molecule has 0 spiro atoms. The first-order valence-corrected chi connectivity index (χ1v) is 5.51. The van der Waals surface area contributed by atoms with Gasteiger partial charge in [-0.3, -0.25) is 9.59 Å². The van der Waals surface area contributed by atoms with Crippen molar-refractivity contribution in [2.75, 3.05) is 6.54 Å². The number of hydrogen-bond donors (Lipinski definition) is 2. The molecule has 0 saturated carbocycles. The molecule has 0 aliphatic heterocycles. The summed E-state index contributed by atoms with van der Waals surface area (Å²) in [5.74, 6) is -0.389. The largest absolute Gasteiger partial charge is 0.481 e. The van der Waals surface area contributed by atoms with Crippen LogP contribution in [0.4, 0.5) is 0 Å². The standard InChI is InChI=1S/C11H21NO3/c1-9(2)5-3-4-8-12-10(13)6-7-11(14)15/h9H,3-8H2,1-2H3,(H,12,13)(H,14,15). The van der Waals surface area contributed by atoms with E-state index >= 15 is 0 Å². The van der Waals surface area contributed by atoms with Crippen LogP contribution in [0.1, 0.15) is 46.0 Å². The summed E-state index contributed by atoms with van der Waals surface area (Å²) in [6.07, 6.45) is 3.25. The van der Waals surface area contributed by atoms with Crippen LogP contribution in [0.15, 0.2) is 0 Å². The number of carboxylic acid groups (broad SMARTS) is 1. The Morgan fingerprint density at radius 2 is 1.87 bits per heavy atom. The summed E-state index contributed by atoms with van der Waals surface area (Å²) in [5, 5.41) is 11.1. The minimum Gasteiger partial charge on any atom is -0.481 e. The summed E-state index contributed by atoms with van der Waals surface area (Å²) in [7, 11) is 0. The molecule has 0 aliphatic rings. The van der Waals surface area contributed by atoms with Gasteiger partial charge in [-0.15, -0.1) is 0 Å². The Morgan fingerprint density at radius 3 is 2.40 bits per heavy atom. The first-order valence-electron chi connectivity index (χ1n) is 5.51. The predicted molar refractivity (Wildman–Crippen MR) is 58.6 cm³/mol. The molecule has 0 bridgehead atoms. The number of nitrogens with one attached hydrogen (secondary N) is 1. The van der Waals surface area contributed by atoms with E-state index in [4.69, 9.17) is 5.11 Å². The minimum atomic E-state index is -0.926. The highest BCUT2D eigenvalue weighted by molar-refractivity contribution is 5.80. The van der Waals surface area contributed by atoms with Gasteiger partial charge < -0.3 is 10.4 Å². The number of hydrogen-bond acceptors (Lipinski definition) is 2. The third-order valence-corrected chi connectivity index (χ3v) is 2.10. The zero-order valence-corrected chi connectivity index (χ0v) is 9.58. The second-order valence-corrected chi connectivity index (χ2v) is 4.13. The van der Waals surface area contributed by atoms with Gasteiger partial charge in [0.25, 0.3) is 0 Å². The molecule has 0 atom stereocenters. The van der Waals surface area contributed by atoms with Crippen molar-refractivity contribution in [2.45, 2.75) is 46.0 Å². The van der Waals surface area contributed by atoms with Gasteiger partial charge in [-0.1, -0.05) is 26.7 Å². The lowest BCUT2D eigenvalue weighted by molar-refractivity contribution is -0.138. The number of carbonyl (C=O) groups is 2. The number of amides is 1. The Labute approximate surface area is 91.1 Å². The van der Waals surface area contributed by atoms with Crippen LogP contribution in [0.25, 0.3) is 0 Å². The van der Waals surface area contributed by atoms with E-state index < -0.39 is 5.97 Å². The van der Waals surface area contributed by atoms with E-state index in [1.807, 2.05) is 0 Å². The lowest BCUT2D eigenvalue weighted by Crippen LogP contribution is -2.24. The fraction of sp³-hybridized carbons (Fsp3) is 0.818. The molecule has 0 unspecified atom stereocenters. The second kappa shape index (κ2) is 8.26. The predicted octanol–water partition coefficient (Wildman–Crippen LogP) is 1.79. The van der Waals surface area contributed by atoms with Gasteiger partial charge in [-0.2, -0.15) is 0 Å². The maximum absolute atomic E-state index is 11.1. The van der Waals surface area contributed by atoms with E-state index in [0.29, 0.717) is 12.5 Å². The van der Waals surface area contributed by atoms with Crippen LogP contribution in [0.2, 0.25) is 0 Å². The smallest absolute Gasteiger partial charge is 0.303 e. The lowest BCUT2D eigenvalue weighted by Gasteiger charge is -2.05. The average molecular weight is 215 g/mol.